The Morgan fingerprint density at radius 2 is 2.28 bits per heavy atom. The second kappa shape index (κ2) is 4.66. The quantitative estimate of drug-likeness (QED) is 0.780. The molecule has 3 rings (SSSR count). The normalized spacial score (nSPS) is 24.3. The van der Waals surface area contributed by atoms with E-state index in [9.17, 15) is 4.79 Å². The summed E-state index contributed by atoms with van der Waals surface area (Å²) in [6, 6.07) is 0.560. The molecule has 1 atom stereocenters. The molecule has 0 unspecified atom stereocenters. The Morgan fingerprint density at radius 1 is 1.44 bits per heavy atom. The van der Waals surface area contributed by atoms with Crippen molar-refractivity contribution in [1.82, 2.24) is 19.6 Å². The van der Waals surface area contributed by atoms with Gasteiger partial charge in [-0.25, -0.2) is 0 Å². The summed E-state index contributed by atoms with van der Waals surface area (Å²) in [5.74, 6) is 0.0500. The van der Waals surface area contributed by atoms with Crippen LogP contribution in [0.2, 0.25) is 0 Å². The van der Waals surface area contributed by atoms with Gasteiger partial charge < -0.3 is 4.90 Å². The molecule has 2 aliphatic heterocycles. The molecule has 0 saturated carbocycles. The van der Waals surface area contributed by atoms with Gasteiger partial charge in [0.05, 0.1) is 4.47 Å². The molecule has 2 saturated heterocycles. The maximum Gasteiger partial charge on any atom is 0.275 e. The Labute approximate surface area is 115 Å². The molecule has 3 heterocycles. The van der Waals surface area contributed by atoms with E-state index in [0.717, 1.165) is 24.1 Å². The Hall–Kier alpha value is -0.880. The molecular weight excluding hydrogens is 296 g/mol. The highest BCUT2D eigenvalue weighted by Gasteiger charge is 2.33. The number of rotatable bonds is 1. The second-order valence-electron chi connectivity index (χ2n) is 5.08. The first-order valence-electron chi connectivity index (χ1n) is 6.37. The fourth-order valence-corrected chi connectivity index (χ4v) is 3.48. The molecule has 1 amide bonds. The number of aromatic nitrogens is 2. The minimum absolute atomic E-state index is 0.0500. The highest BCUT2D eigenvalue weighted by atomic mass is 79.9. The summed E-state index contributed by atoms with van der Waals surface area (Å²) in [6.07, 6.45) is 4.30. The molecule has 2 fully saturated rings. The minimum atomic E-state index is 0.0500. The number of fused-ring (bicyclic) bond motifs is 1. The SMILES string of the molecule is Cn1cc(Br)c(C(=O)N2CCN3CCC[C@@H]3C2)n1. The molecule has 0 bridgehead atoms. The van der Waals surface area contributed by atoms with Gasteiger partial charge in [0, 0.05) is 38.9 Å². The zero-order chi connectivity index (χ0) is 12.7. The van der Waals surface area contributed by atoms with Crippen molar-refractivity contribution in [2.45, 2.75) is 18.9 Å². The van der Waals surface area contributed by atoms with Crippen LogP contribution in [0.15, 0.2) is 10.7 Å². The predicted molar refractivity (Wildman–Crippen MR) is 71.4 cm³/mol. The van der Waals surface area contributed by atoms with Gasteiger partial charge in [-0.2, -0.15) is 5.10 Å². The molecule has 0 spiro atoms. The summed E-state index contributed by atoms with van der Waals surface area (Å²) in [5.41, 5.74) is 0.531. The first kappa shape index (κ1) is 12.2. The van der Waals surface area contributed by atoms with Crippen molar-refractivity contribution >= 4 is 21.8 Å². The zero-order valence-corrected chi connectivity index (χ0v) is 12.1. The van der Waals surface area contributed by atoms with Crippen LogP contribution in [0.25, 0.3) is 0 Å². The number of hydrogen-bond donors (Lipinski definition) is 0. The number of carbonyl (C=O) groups excluding carboxylic acids is 1. The average molecular weight is 313 g/mol. The Kier molecular flexibility index (Phi) is 3.15. The van der Waals surface area contributed by atoms with Crippen molar-refractivity contribution in [3.63, 3.8) is 0 Å². The highest BCUT2D eigenvalue weighted by Crippen LogP contribution is 2.23. The molecule has 5 nitrogen and oxygen atoms in total. The molecule has 0 N–H and O–H groups in total. The summed E-state index contributed by atoms with van der Waals surface area (Å²) >= 11 is 3.40. The lowest BCUT2D eigenvalue weighted by molar-refractivity contribution is 0.0564. The van der Waals surface area contributed by atoms with Crippen LogP contribution in [-0.2, 0) is 7.05 Å². The van der Waals surface area contributed by atoms with Gasteiger partial charge >= 0.3 is 0 Å². The average Bonchev–Trinajstić information content (AvgIpc) is 2.93. The number of hydrogen-bond acceptors (Lipinski definition) is 3. The van der Waals surface area contributed by atoms with E-state index in [0.29, 0.717) is 11.7 Å². The number of nitrogens with zero attached hydrogens (tertiary/aromatic N) is 4. The standard InChI is InChI=1S/C12H17BrN4O/c1-15-8-10(13)11(14-15)12(18)17-6-5-16-4-2-3-9(16)7-17/h8-9H,2-7H2,1H3/t9-/m1/s1. The largest absolute Gasteiger partial charge is 0.334 e. The fourth-order valence-electron chi connectivity index (χ4n) is 2.93. The molecule has 1 aromatic rings. The maximum atomic E-state index is 12.4. The first-order valence-corrected chi connectivity index (χ1v) is 7.17. The summed E-state index contributed by atoms with van der Waals surface area (Å²) in [5, 5.41) is 4.24. The van der Waals surface area contributed by atoms with E-state index in [1.165, 1.54) is 19.4 Å². The number of amides is 1. The van der Waals surface area contributed by atoms with E-state index in [2.05, 4.69) is 25.9 Å². The van der Waals surface area contributed by atoms with Crippen molar-refractivity contribution in [3.05, 3.63) is 16.4 Å². The van der Waals surface area contributed by atoms with Gasteiger partial charge in [-0.15, -0.1) is 0 Å². The third-order valence-electron chi connectivity index (χ3n) is 3.86. The Balaban J connectivity index is 1.75. The smallest absolute Gasteiger partial charge is 0.275 e. The van der Waals surface area contributed by atoms with Crippen LogP contribution in [0.1, 0.15) is 23.3 Å². The van der Waals surface area contributed by atoms with E-state index in [4.69, 9.17) is 0 Å². The van der Waals surface area contributed by atoms with Gasteiger partial charge in [0.25, 0.3) is 5.91 Å². The monoisotopic (exact) mass is 312 g/mol. The Bertz CT molecular complexity index is 473. The molecule has 0 aliphatic carbocycles. The first-order chi connectivity index (χ1) is 8.65. The number of piperazine rings is 1. The molecule has 6 heteroatoms. The summed E-state index contributed by atoms with van der Waals surface area (Å²) in [4.78, 5) is 16.9. The van der Waals surface area contributed by atoms with Crippen LogP contribution in [-0.4, -0.2) is 57.7 Å². The number of carbonyl (C=O) groups is 1. The number of aryl methyl sites for hydroxylation is 1. The molecular formula is C12H17BrN4O. The van der Waals surface area contributed by atoms with Crippen molar-refractivity contribution < 1.29 is 4.79 Å². The van der Waals surface area contributed by atoms with Crippen molar-refractivity contribution in [2.24, 2.45) is 7.05 Å². The third-order valence-corrected chi connectivity index (χ3v) is 4.44. The van der Waals surface area contributed by atoms with Gasteiger partial charge in [-0.05, 0) is 35.3 Å². The molecule has 0 aromatic carbocycles. The van der Waals surface area contributed by atoms with Crippen LogP contribution < -0.4 is 0 Å². The summed E-state index contributed by atoms with van der Waals surface area (Å²) < 4.78 is 2.45. The van der Waals surface area contributed by atoms with Gasteiger partial charge in [0.2, 0.25) is 0 Å². The second-order valence-corrected chi connectivity index (χ2v) is 5.94. The predicted octanol–water partition coefficient (Wildman–Crippen LogP) is 1.10. The Morgan fingerprint density at radius 3 is 3.00 bits per heavy atom. The lowest BCUT2D eigenvalue weighted by atomic mass is 10.1. The maximum absolute atomic E-state index is 12.4. The highest BCUT2D eigenvalue weighted by molar-refractivity contribution is 9.10. The molecule has 0 radical (unpaired) electrons. The van der Waals surface area contributed by atoms with Gasteiger partial charge in [0.15, 0.2) is 5.69 Å². The van der Waals surface area contributed by atoms with Crippen molar-refractivity contribution in [1.29, 1.82) is 0 Å². The molecule has 98 valence electrons. The lowest BCUT2D eigenvalue weighted by Gasteiger charge is -2.37. The van der Waals surface area contributed by atoms with Crippen LogP contribution in [0, 0.1) is 0 Å². The van der Waals surface area contributed by atoms with Crippen LogP contribution in [0.4, 0.5) is 0 Å². The third kappa shape index (κ3) is 2.07. The summed E-state index contributed by atoms with van der Waals surface area (Å²) in [6.45, 7) is 3.86. The molecule has 2 aliphatic rings. The molecule has 1 aromatic heterocycles. The van der Waals surface area contributed by atoms with E-state index < -0.39 is 0 Å². The van der Waals surface area contributed by atoms with Crippen LogP contribution >= 0.6 is 15.9 Å². The van der Waals surface area contributed by atoms with Gasteiger partial charge in [0.1, 0.15) is 0 Å². The van der Waals surface area contributed by atoms with E-state index in [1.54, 1.807) is 4.68 Å². The van der Waals surface area contributed by atoms with Gasteiger partial charge in [-0.3, -0.25) is 14.4 Å². The molecule has 18 heavy (non-hydrogen) atoms. The zero-order valence-electron chi connectivity index (χ0n) is 10.5. The van der Waals surface area contributed by atoms with Crippen molar-refractivity contribution in [2.75, 3.05) is 26.2 Å². The topological polar surface area (TPSA) is 41.4 Å². The van der Waals surface area contributed by atoms with Gasteiger partial charge in [-0.1, -0.05) is 0 Å². The minimum Gasteiger partial charge on any atom is -0.334 e. The summed E-state index contributed by atoms with van der Waals surface area (Å²) in [7, 11) is 1.83. The van der Waals surface area contributed by atoms with Crippen LogP contribution in [0.3, 0.4) is 0 Å². The lowest BCUT2D eigenvalue weighted by Crippen LogP contribution is -2.52. The van der Waals surface area contributed by atoms with Crippen LogP contribution in [0.5, 0.6) is 0 Å². The van der Waals surface area contributed by atoms with Crippen molar-refractivity contribution in [3.8, 4) is 0 Å². The van der Waals surface area contributed by atoms with E-state index >= 15 is 0 Å². The van der Waals surface area contributed by atoms with E-state index in [-0.39, 0.29) is 5.91 Å². The van der Waals surface area contributed by atoms with E-state index in [1.807, 2.05) is 18.1 Å². The number of halogens is 1. The fraction of sp³-hybridized carbons (Fsp3) is 0.667.